The summed E-state index contributed by atoms with van der Waals surface area (Å²) in [4.78, 5) is 1.83. The molecule has 0 bridgehead atoms. The number of aliphatic hydroxyl groups is 1. The Hall–Kier alpha value is -1.28. The second-order valence-corrected chi connectivity index (χ2v) is 7.80. The number of aryl methyl sites for hydroxylation is 1. The van der Waals surface area contributed by atoms with Crippen molar-refractivity contribution in [1.82, 2.24) is 4.72 Å². The van der Waals surface area contributed by atoms with Crippen molar-refractivity contribution in [2.45, 2.75) is 31.9 Å². The Balaban J connectivity index is 2.29. The molecular formula is C14H16FNO3S2. The summed E-state index contributed by atoms with van der Waals surface area (Å²) in [7, 11) is -3.83. The van der Waals surface area contributed by atoms with Gasteiger partial charge in [-0.05, 0) is 43.7 Å². The molecule has 4 nitrogen and oxygen atoms in total. The van der Waals surface area contributed by atoms with Gasteiger partial charge in [-0.3, -0.25) is 0 Å². The van der Waals surface area contributed by atoms with Crippen LogP contribution in [0.3, 0.4) is 0 Å². The highest BCUT2D eigenvalue weighted by atomic mass is 32.2. The normalized spacial score (nSPS) is 11.8. The third kappa shape index (κ3) is 3.68. The van der Waals surface area contributed by atoms with Crippen LogP contribution in [-0.4, -0.2) is 13.5 Å². The Morgan fingerprint density at radius 2 is 2.00 bits per heavy atom. The van der Waals surface area contributed by atoms with E-state index in [1.807, 2.05) is 19.1 Å². The first-order chi connectivity index (χ1) is 9.83. The molecule has 0 unspecified atom stereocenters. The van der Waals surface area contributed by atoms with Gasteiger partial charge in [-0.1, -0.05) is 0 Å². The zero-order valence-electron chi connectivity index (χ0n) is 11.7. The smallest absolute Gasteiger partial charge is 0.241 e. The number of nitrogens with one attached hydrogen (secondary N) is 1. The number of sulfonamides is 1. The van der Waals surface area contributed by atoms with Crippen molar-refractivity contribution in [3.63, 3.8) is 0 Å². The molecule has 0 aliphatic carbocycles. The van der Waals surface area contributed by atoms with Crippen molar-refractivity contribution < 1.29 is 17.9 Å². The maximum Gasteiger partial charge on any atom is 0.241 e. The molecule has 0 atom stereocenters. The number of hydrogen-bond donors (Lipinski definition) is 2. The summed E-state index contributed by atoms with van der Waals surface area (Å²) in [6.07, 6.45) is 0. The van der Waals surface area contributed by atoms with E-state index in [2.05, 4.69) is 4.72 Å². The topological polar surface area (TPSA) is 66.4 Å². The van der Waals surface area contributed by atoms with E-state index in [1.165, 1.54) is 24.3 Å². The Kier molecular flexibility index (Phi) is 4.77. The van der Waals surface area contributed by atoms with E-state index < -0.39 is 22.4 Å². The van der Waals surface area contributed by atoms with Crippen molar-refractivity contribution in [3.8, 4) is 0 Å². The highest BCUT2D eigenvalue weighted by molar-refractivity contribution is 7.89. The van der Waals surface area contributed by atoms with Crippen LogP contribution in [0.1, 0.15) is 20.9 Å². The van der Waals surface area contributed by atoms with Crippen LogP contribution in [-0.2, 0) is 23.2 Å². The highest BCUT2D eigenvalue weighted by Crippen LogP contribution is 2.22. The fourth-order valence-corrected chi connectivity index (χ4v) is 4.13. The predicted molar refractivity (Wildman–Crippen MR) is 80.1 cm³/mol. The lowest BCUT2D eigenvalue weighted by Gasteiger charge is -2.11. The fraction of sp³-hybridized carbons (Fsp3) is 0.286. The first-order valence-electron chi connectivity index (χ1n) is 6.28. The molecule has 2 N–H and O–H groups in total. The minimum absolute atomic E-state index is 0.0436. The third-order valence-corrected chi connectivity index (χ3v) is 5.59. The number of hydrogen-bond acceptors (Lipinski definition) is 4. The van der Waals surface area contributed by atoms with E-state index in [0.717, 1.165) is 15.8 Å². The summed E-state index contributed by atoms with van der Waals surface area (Å²) >= 11 is 1.50. The summed E-state index contributed by atoms with van der Waals surface area (Å²) in [5.41, 5.74) is 0.271. The maximum atomic E-state index is 13.7. The molecule has 0 saturated carbocycles. The van der Waals surface area contributed by atoms with Crippen LogP contribution in [0, 0.1) is 19.7 Å². The van der Waals surface area contributed by atoms with Crippen LogP contribution in [0.4, 0.5) is 4.39 Å². The van der Waals surface area contributed by atoms with Crippen LogP contribution < -0.4 is 4.72 Å². The van der Waals surface area contributed by atoms with Gasteiger partial charge in [0.1, 0.15) is 5.82 Å². The average Bonchev–Trinajstić information content (AvgIpc) is 2.85. The second kappa shape index (κ2) is 6.23. The second-order valence-electron chi connectivity index (χ2n) is 4.70. The van der Waals surface area contributed by atoms with E-state index >= 15 is 0 Å². The fourth-order valence-electron chi connectivity index (χ4n) is 1.90. The third-order valence-electron chi connectivity index (χ3n) is 3.06. The van der Waals surface area contributed by atoms with Crippen molar-refractivity contribution in [2.75, 3.05) is 0 Å². The highest BCUT2D eigenvalue weighted by Gasteiger charge is 2.20. The SMILES string of the molecule is Cc1ccc(CNS(=O)(=O)c2cc(CO)cc(F)c2C)s1. The van der Waals surface area contributed by atoms with Gasteiger partial charge in [-0.15, -0.1) is 11.3 Å². The van der Waals surface area contributed by atoms with Gasteiger partial charge in [0.25, 0.3) is 0 Å². The zero-order chi connectivity index (χ0) is 15.6. The van der Waals surface area contributed by atoms with Gasteiger partial charge in [-0.2, -0.15) is 0 Å². The lowest BCUT2D eigenvalue weighted by molar-refractivity contribution is 0.281. The van der Waals surface area contributed by atoms with Gasteiger partial charge in [-0.25, -0.2) is 17.5 Å². The van der Waals surface area contributed by atoms with E-state index in [1.54, 1.807) is 0 Å². The Morgan fingerprint density at radius 1 is 1.29 bits per heavy atom. The first-order valence-corrected chi connectivity index (χ1v) is 8.58. The van der Waals surface area contributed by atoms with Crippen LogP contribution in [0.5, 0.6) is 0 Å². The lowest BCUT2D eigenvalue weighted by Crippen LogP contribution is -2.24. The number of aliphatic hydroxyl groups excluding tert-OH is 1. The molecule has 1 aromatic heterocycles. The van der Waals surface area contributed by atoms with Gasteiger partial charge in [0, 0.05) is 21.9 Å². The molecule has 7 heteroatoms. The minimum Gasteiger partial charge on any atom is -0.392 e. The minimum atomic E-state index is -3.83. The summed E-state index contributed by atoms with van der Waals surface area (Å²) < 4.78 is 40.8. The zero-order valence-corrected chi connectivity index (χ0v) is 13.3. The van der Waals surface area contributed by atoms with Crippen molar-refractivity contribution in [2.24, 2.45) is 0 Å². The molecule has 0 saturated heterocycles. The van der Waals surface area contributed by atoms with Gasteiger partial charge >= 0.3 is 0 Å². The maximum absolute atomic E-state index is 13.7. The average molecular weight is 329 g/mol. The van der Waals surface area contributed by atoms with E-state index in [0.29, 0.717) is 0 Å². The Labute approximate surface area is 127 Å². The van der Waals surface area contributed by atoms with Gasteiger partial charge in [0.2, 0.25) is 10.0 Å². The molecule has 0 fully saturated rings. The Morgan fingerprint density at radius 3 is 2.57 bits per heavy atom. The molecule has 0 radical (unpaired) electrons. The molecule has 0 spiro atoms. The molecule has 21 heavy (non-hydrogen) atoms. The molecule has 1 heterocycles. The van der Waals surface area contributed by atoms with Crippen molar-refractivity contribution in [1.29, 1.82) is 0 Å². The van der Waals surface area contributed by atoms with Gasteiger partial charge in [0.15, 0.2) is 0 Å². The summed E-state index contributed by atoms with van der Waals surface area (Å²) in [6.45, 7) is 3.09. The van der Waals surface area contributed by atoms with Crippen LogP contribution in [0.2, 0.25) is 0 Å². The number of halogens is 1. The number of benzene rings is 1. The largest absolute Gasteiger partial charge is 0.392 e. The van der Waals surface area contributed by atoms with Crippen molar-refractivity contribution in [3.05, 3.63) is 51.0 Å². The molecule has 2 rings (SSSR count). The monoisotopic (exact) mass is 329 g/mol. The van der Waals surface area contributed by atoms with E-state index in [-0.39, 0.29) is 22.6 Å². The van der Waals surface area contributed by atoms with Gasteiger partial charge < -0.3 is 5.11 Å². The molecule has 114 valence electrons. The summed E-state index contributed by atoms with van der Waals surface area (Å²) in [6, 6.07) is 6.18. The molecule has 1 aromatic carbocycles. The summed E-state index contributed by atoms with van der Waals surface area (Å²) in [5.74, 6) is -0.645. The van der Waals surface area contributed by atoms with E-state index in [4.69, 9.17) is 5.11 Å². The molecule has 0 amide bonds. The lowest BCUT2D eigenvalue weighted by atomic mass is 10.1. The predicted octanol–water partition coefficient (Wildman–Crippen LogP) is 2.47. The number of rotatable bonds is 5. The quantitative estimate of drug-likeness (QED) is 0.885. The van der Waals surface area contributed by atoms with Crippen LogP contribution >= 0.6 is 11.3 Å². The Bertz CT molecular complexity index is 754. The molecular weight excluding hydrogens is 313 g/mol. The first kappa shape index (κ1) is 16.1. The number of thiophene rings is 1. The standard InChI is InChI=1S/C14H16FNO3S2/c1-9-3-4-12(20-9)7-16-21(18,19)14-6-11(8-17)5-13(15)10(14)2/h3-6,16-17H,7-8H2,1-2H3. The van der Waals surface area contributed by atoms with Crippen LogP contribution in [0.25, 0.3) is 0 Å². The van der Waals surface area contributed by atoms with Gasteiger partial charge in [0.05, 0.1) is 11.5 Å². The molecule has 0 aliphatic heterocycles. The van der Waals surface area contributed by atoms with E-state index in [9.17, 15) is 12.8 Å². The molecule has 2 aromatic rings. The molecule has 0 aliphatic rings. The summed E-state index contributed by atoms with van der Waals surface area (Å²) in [5, 5.41) is 9.07. The van der Waals surface area contributed by atoms with Crippen molar-refractivity contribution >= 4 is 21.4 Å². The van der Waals surface area contributed by atoms with Crippen LogP contribution in [0.15, 0.2) is 29.2 Å².